The third kappa shape index (κ3) is 6.27. The molecule has 2 aromatic rings. The summed E-state index contributed by atoms with van der Waals surface area (Å²) in [5, 5.41) is 11.3. The van der Waals surface area contributed by atoms with Gasteiger partial charge in [0, 0.05) is 56.6 Å². The topological polar surface area (TPSA) is 136 Å². The number of aromatic nitrogens is 1. The molecule has 2 saturated heterocycles. The van der Waals surface area contributed by atoms with Crippen molar-refractivity contribution in [3.8, 4) is 6.07 Å². The average Bonchev–Trinajstić information content (AvgIpc) is 3.94. The molecule has 246 valence electrons. The zero-order valence-electron chi connectivity index (χ0n) is 26.1. The Balaban J connectivity index is 1.23. The number of ether oxygens (including phenoxy) is 1. The highest BCUT2D eigenvalue weighted by Crippen LogP contribution is 2.51. The lowest BCUT2D eigenvalue weighted by Crippen LogP contribution is -2.53. The molecule has 46 heavy (non-hydrogen) atoms. The lowest BCUT2D eigenvalue weighted by molar-refractivity contribution is -0.140. The number of carbonyl (C=O) groups excluding carboxylic acids is 2. The molecule has 4 aliphatic rings. The number of nitrogens with zero attached hydrogens (tertiary/aromatic N) is 5. The second kappa shape index (κ2) is 11.8. The summed E-state index contributed by atoms with van der Waals surface area (Å²) >= 11 is 12.6. The number of benzene rings is 1. The summed E-state index contributed by atoms with van der Waals surface area (Å²) in [6, 6.07) is 10.4. The average molecular weight is 690 g/mol. The van der Waals surface area contributed by atoms with E-state index in [4.69, 9.17) is 27.9 Å². The van der Waals surface area contributed by atoms with Crippen LogP contribution >= 0.6 is 23.2 Å². The van der Waals surface area contributed by atoms with Crippen molar-refractivity contribution in [3.63, 3.8) is 0 Å². The van der Waals surface area contributed by atoms with E-state index in [9.17, 15) is 23.3 Å². The number of halogens is 2. The molecule has 3 heterocycles. The van der Waals surface area contributed by atoms with Crippen LogP contribution in [0.5, 0.6) is 0 Å². The van der Waals surface area contributed by atoms with Crippen molar-refractivity contribution in [1.82, 2.24) is 20.1 Å². The van der Waals surface area contributed by atoms with Crippen LogP contribution in [0.15, 0.2) is 41.4 Å². The van der Waals surface area contributed by atoms with Crippen molar-refractivity contribution in [3.05, 3.63) is 52.3 Å². The molecule has 1 aromatic heterocycles. The fourth-order valence-electron chi connectivity index (χ4n) is 6.47. The van der Waals surface area contributed by atoms with Crippen molar-refractivity contribution in [2.24, 2.45) is 0 Å². The maximum absolute atomic E-state index is 14.1. The Kier molecular flexibility index (Phi) is 8.45. The number of alkyl carbamates (subject to hydrolysis) is 1. The first-order valence-electron chi connectivity index (χ1n) is 15.5. The van der Waals surface area contributed by atoms with Gasteiger partial charge in [0.2, 0.25) is 5.91 Å². The van der Waals surface area contributed by atoms with Gasteiger partial charge >= 0.3 is 6.09 Å². The number of hydrogen-bond acceptors (Lipinski definition) is 9. The molecular weight excluding hydrogens is 651 g/mol. The summed E-state index contributed by atoms with van der Waals surface area (Å²) in [6.07, 6.45) is 1.46. The van der Waals surface area contributed by atoms with E-state index in [1.54, 1.807) is 30.5 Å². The minimum absolute atomic E-state index is 0.0294. The van der Waals surface area contributed by atoms with E-state index >= 15 is 0 Å². The van der Waals surface area contributed by atoms with E-state index in [1.807, 2.05) is 0 Å². The number of likely N-dealkylation sites (tertiary alicyclic amines) is 1. The normalized spacial score (nSPS) is 23.8. The molecule has 1 aromatic carbocycles. The van der Waals surface area contributed by atoms with Crippen LogP contribution in [0.2, 0.25) is 10.2 Å². The van der Waals surface area contributed by atoms with E-state index in [1.165, 1.54) is 11.0 Å². The summed E-state index contributed by atoms with van der Waals surface area (Å²) in [5.41, 5.74) is -0.315. The zero-order chi connectivity index (χ0) is 33.1. The number of piperazine rings is 1. The first-order valence-corrected chi connectivity index (χ1v) is 17.8. The number of sulfone groups is 1. The molecule has 0 bridgehead atoms. The largest absolute Gasteiger partial charge is 0.425 e. The van der Waals surface area contributed by atoms with Crippen LogP contribution in [0.4, 0.5) is 10.5 Å². The maximum atomic E-state index is 14.1. The molecule has 2 atom stereocenters. The fourth-order valence-corrected chi connectivity index (χ4v) is 8.80. The van der Waals surface area contributed by atoms with Gasteiger partial charge < -0.3 is 19.9 Å². The summed E-state index contributed by atoms with van der Waals surface area (Å²) in [5.74, 6) is -0.343. The predicted molar refractivity (Wildman–Crippen MR) is 173 cm³/mol. The van der Waals surface area contributed by atoms with Gasteiger partial charge in [0.05, 0.1) is 26.7 Å². The Morgan fingerprint density at radius 1 is 1.07 bits per heavy atom. The van der Waals surface area contributed by atoms with Crippen LogP contribution in [0, 0.1) is 11.3 Å². The number of carbonyl (C=O) groups is 2. The maximum Gasteiger partial charge on any atom is 0.410 e. The lowest BCUT2D eigenvalue weighted by atomic mass is 9.96. The summed E-state index contributed by atoms with van der Waals surface area (Å²) in [6.45, 7) is 9.72. The number of rotatable bonds is 7. The van der Waals surface area contributed by atoms with Crippen molar-refractivity contribution in [2.45, 2.75) is 85.7 Å². The molecule has 6 rings (SSSR count). The van der Waals surface area contributed by atoms with Crippen molar-refractivity contribution >= 4 is 50.7 Å². The molecule has 0 spiro atoms. The smallest absolute Gasteiger partial charge is 0.410 e. The molecule has 0 unspecified atom stereocenters. The van der Waals surface area contributed by atoms with Gasteiger partial charge in [-0.15, -0.1) is 0 Å². The number of nitriles is 1. The molecule has 0 radical (unpaired) electrons. The summed E-state index contributed by atoms with van der Waals surface area (Å²) in [4.78, 5) is 37.0. The molecule has 2 amide bonds. The van der Waals surface area contributed by atoms with Gasteiger partial charge in [-0.25, -0.2) is 18.2 Å². The number of nitrogens with one attached hydrogen (secondary N) is 1. The lowest BCUT2D eigenvalue weighted by Gasteiger charge is -2.43. The summed E-state index contributed by atoms with van der Waals surface area (Å²) in [7, 11) is -4.05. The van der Waals surface area contributed by atoms with Crippen molar-refractivity contribution in [1.29, 1.82) is 5.26 Å². The second-order valence-electron chi connectivity index (χ2n) is 13.8. The van der Waals surface area contributed by atoms with Gasteiger partial charge in [0.25, 0.3) is 0 Å². The Hall–Kier alpha value is -3.11. The minimum Gasteiger partial charge on any atom is -0.425 e. The standard InChI is InChI=1S/C32H38Cl2N6O5S/c1-30(2,3)39-14-12-38(13-15-39)22-5-6-25(24(33)16-22)46(43,44)23-17-27(45-29(42)37-31(20-35)8-9-31)40(19-23)28(41)32(10-11-32)21-4-7-26(34)36-18-21/h4-7,16,18,23,27H,8-15,17,19H2,1-3H3,(H,37,42)/t23-,27+/m1/s1. The van der Waals surface area contributed by atoms with Crippen molar-refractivity contribution in [2.75, 3.05) is 37.6 Å². The molecule has 2 saturated carbocycles. The minimum atomic E-state index is -4.05. The third-order valence-corrected chi connectivity index (χ3v) is 12.6. The van der Waals surface area contributed by atoms with Gasteiger partial charge in [-0.1, -0.05) is 29.3 Å². The van der Waals surface area contributed by atoms with Crippen molar-refractivity contribution < 1.29 is 22.7 Å². The Morgan fingerprint density at radius 2 is 1.76 bits per heavy atom. The van der Waals surface area contributed by atoms with E-state index < -0.39 is 38.4 Å². The molecule has 14 heteroatoms. The fraction of sp³-hybridized carbons (Fsp3) is 0.562. The van der Waals surface area contributed by atoms with Gasteiger partial charge in [-0.2, -0.15) is 5.26 Å². The van der Waals surface area contributed by atoms with Crippen LogP contribution in [0.1, 0.15) is 58.4 Å². The molecule has 4 fully saturated rings. The number of pyridine rings is 1. The number of hydrogen-bond donors (Lipinski definition) is 1. The van der Waals surface area contributed by atoms with Crippen LogP contribution in [-0.2, 0) is 24.8 Å². The highest BCUT2D eigenvalue weighted by Gasteiger charge is 2.57. The third-order valence-electron chi connectivity index (χ3n) is 9.72. The Labute approximate surface area is 279 Å². The van der Waals surface area contributed by atoms with Gasteiger partial charge in [-0.3, -0.25) is 9.69 Å². The number of anilines is 1. The predicted octanol–water partition coefficient (Wildman–Crippen LogP) is 4.52. The second-order valence-corrected chi connectivity index (χ2v) is 16.7. The molecule has 11 nitrogen and oxygen atoms in total. The van der Waals surface area contributed by atoms with E-state index in [-0.39, 0.29) is 34.3 Å². The first kappa shape index (κ1) is 32.8. The molecule has 2 aliphatic carbocycles. The van der Waals surface area contributed by atoms with Gasteiger partial charge in [0.1, 0.15) is 10.7 Å². The van der Waals surface area contributed by atoms with E-state index in [0.29, 0.717) is 36.4 Å². The molecule has 1 N–H and O–H groups in total. The Morgan fingerprint density at radius 3 is 2.30 bits per heavy atom. The van der Waals surface area contributed by atoms with Crippen LogP contribution in [0.3, 0.4) is 0 Å². The molecular formula is C32H38Cl2N6O5S. The highest BCUT2D eigenvalue weighted by molar-refractivity contribution is 7.92. The zero-order valence-corrected chi connectivity index (χ0v) is 28.5. The van der Waals surface area contributed by atoms with Crippen LogP contribution < -0.4 is 10.2 Å². The summed E-state index contributed by atoms with van der Waals surface area (Å²) < 4.78 is 33.9. The van der Waals surface area contributed by atoms with Gasteiger partial charge in [-0.05, 0) is 76.3 Å². The highest BCUT2D eigenvalue weighted by atomic mass is 35.5. The Bertz CT molecular complexity index is 1670. The monoisotopic (exact) mass is 688 g/mol. The van der Waals surface area contributed by atoms with Crippen LogP contribution in [-0.4, -0.2) is 90.5 Å². The number of amides is 2. The van der Waals surface area contributed by atoms with Crippen LogP contribution in [0.25, 0.3) is 0 Å². The SMILES string of the molecule is CC(C)(C)N1CCN(c2ccc(S(=O)(=O)[C@@H]3C[C@H](OC(=O)NC4(C#N)CC4)N(C(=O)C4(c5ccc(Cl)nc5)CC4)C3)c(Cl)c2)CC1. The van der Waals surface area contributed by atoms with E-state index in [2.05, 4.69) is 46.9 Å². The molecule has 2 aliphatic heterocycles. The van der Waals surface area contributed by atoms with Gasteiger partial charge in [0.15, 0.2) is 16.1 Å². The first-order chi connectivity index (χ1) is 21.7. The quantitative estimate of drug-likeness (QED) is 0.416. The van der Waals surface area contributed by atoms with E-state index in [0.717, 1.165) is 31.9 Å².